The Bertz CT molecular complexity index is 783. The van der Waals surface area contributed by atoms with E-state index >= 15 is 0 Å². The Kier molecular flexibility index (Phi) is 4.57. The number of benzene rings is 1. The number of amides is 1. The third-order valence-electron chi connectivity index (χ3n) is 4.04. The number of hydrogen-bond donors (Lipinski definition) is 2. The zero-order chi connectivity index (χ0) is 17.3. The zero-order valence-corrected chi connectivity index (χ0v) is 14.0. The van der Waals surface area contributed by atoms with E-state index in [4.69, 9.17) is 11.6 Å². The van der Waals surface area contributed by atoms with Gasteiger partial charge in [0, 0.05) is 10.7 Å². The van der Waals surface area contributed by atoms with E-state index in [-0.39, 0.29) is 5.69 Å². The summed E-state index contributed by atoms with van der Waals surface area (Å²) in [7, 11) is 0. The Morgan fingerprint density at radius 3 is 2.79 bits per heavy atom. The average Bonchev–Trinajstić information content (AvgIpc) is 3.26. The molecule has 2 aromatic rings. The van der Waals surface area contributed by atoms with Gasteiger partial charge >= 0.3 is 5.97 Å². The van der Waals surface area contributed by atoms with Crippen molar-refractivity contribution in [1.29, 1.82) is 0 Å². The molecular weight excluding hydrogens is 330 g/mol. The lowest BCUT2D eigenvalue weighted by molar-refractivity contribution is -0.139. The van der Waals surface area contributed by atoms with E-state index in [0.717, 1.165) is 24.2 Å². The summed E-state index contributed by atoms with van der Waals surface area (Å²) >= 11 is 5.99. The van der Waals surface area contributed by atoms with Crippen LogP contribution in [0.15, 0.2) is 30.3 Å². The molecule has 3 rings (SSSR count). The maximum absolute atomic E-state index is 12.3. The molecule has 2 N–H and O–H groups in total. The van der Waals surface area contributed by atoms with Gasteiger partial charge in [-0.2, -0.15) is 5.10 Å². The number of rotatable bonds is 6. The second-order valence-electron chi connectivity index (χ2n) is 6.11. The summed E-state index contributed by atoms with van der Waals surface area (Å²) in [5, 5.41) is 16.7. The number of aryl methyl sites for hydroxylation is 1. The van der Waals surface area contributed by atoms with Crippen LogP contribution in [-0.4, -0.2) is 32.8 Å². The number of hydrogen-bond acceptors (Lipinski definition) is 3. The molecule has 1 fully saturated rings. The first-order valence-electron chi connectivity index (χ1n) is 7.80. The highest BCUT2D eigenvalue weighted by Crippen LogP contribution is 2.33. The minimum atomic E-state index is -1.01. The molecule has 1 saturated carbocycles. The quantitative estimate of drug-likeness (QED) is 0.841. The second kappa shape index (κ2) is 6.65. The normalized spacial score (nSPS) is 15.1. The van der Waals surface area contributed by atoms with Crippen molar-refractivity contribution in [2.75, 3.05) is 0 Å². The maximum Gasteiger partial charge on any atom is 0.326 e. The van der Waals surface area contributed by atoms with Gasteiger partial charge in [-0.25, -0.2) is 9.48 Å². The molecule has 1 unspecified atom stereocenters. The molecule has 0 aliphatic heterocycles. The minimum Gasteiger partial charge on any atom is -0.480 e. The van der Waals surface area contributed by atoms with Gasteiger partial charge in [0.1, 0.15) is 6.04 Å². The molecule has 1 heterocycles. The zero-order valence-electron chi connectivity index (χ0n) is 13.2. The fraction of sp³-hybridized carbons (Fsp3) is 0.353. The molecule has 1 aliphatic rings. The fourth-order valence-corrected chi connectivity index (χ4v) is 2.78. The van der Waals surface area contributed by atoms with Crippen LogP contribution in [0.25, 0.3) is 5.69 Å². The highest BCUT2D eigenvalue weighted by atomic mass is 35.5. The predicted molar refractivity (Wildman–Crippen MR) is 89.5 cm³/mol. The monoisotopic (exact) mass is 347 g/mol. The molecule has 0 saturated heterocycles. The highest BCUT2D eigenvalue weighted by molar-refractivity contribution is 6.30. The van der Waals surface area contributed by atoms with E-state index in [0.29, 0.717) is 17.4 Å². The summed E-state index contributed by atoms with van der Waals surface area (Å²) in [6, 6.07) is 7.90. The van der Waals surface area contributed by atoms with E-state index < -0.39 is 17.9 Å². The number of carboxylic acid groups (broad SMARTS) is 1. The Labute approximate surface area is 144 Å². The van der Waals surface area contributed by atoms with Crippen LogP contribution in [0, 0.1) is 12.8 Å². The van der Waals surface area contributed by atoms with Crippen molar-refractivity contribution in [3.8, 4) is 5.69 Å². The number of aliphatic carboxylic acids is 1. The van der Waals surface area contributed by atoms with Crippen molar-refractivity contribution in [2.45, 2.75) is 32.2 Å². The van der Waals surface area contributed by atoms with Crippen molar-refractivity contribution >= 4 is 23.5 Å². The van der Waals surface area contributed by atoms with Gasteiger partial charge in [0.05, 0.1) is 5.69 Å². The minimum absolute atomic E-state index is 0.189. The molecule has 0 radical (unpaired) electrons. The maximum atomic E-state index is 12.3. The van der Waals surface area contributed by atoms with E-state index in [2.05, 4.69) is 10.4 Å². The third kappa shape index (κ3) is 3.76. The molecule has 1 aromatic heterocycles. The molecule has 126 valence electrons. The largest absolute Gasteiger partial charge is 0.480 e. The number of carbonyl (C=O) groups is 2. The Hall–Kier alpha value is -2.34. The first kappa shape index (κ1) is 16.5. The van der Waals surface area contributed by atoms with Gasteiger partial charge in [0.15, 0.2) is 5.69 Å². The lowest BCUT2D eigenvalue weighted by Crippen LogP contribution is -2.41. The van der Waals surface area contributed by atoms with E-state index in [1.165, 1.54) is 0 Å². The Balaban J connectivity index is 1.78. The van der Waals surface area contributed by atoms with Crippen LogP contribution >= 0.6 is 11.6 Å². The lowest BCUT2D eigenvalue weighted by atomic mass is 10.1. The standard InChI is InChI=1S/C17H18ClN3O3/c1-10-7-14(20-21(10)13-4-2-3-12(18)9-13)16(22)19-15(17(23)24)8-11-5-6-11/h2-4,7,9,11,15H,5-6,8H2,1H3,(H,19,22)(H,23,24). The molecular formula is C17H18ClN3O3. The van der Waals surface area contributed by atoms with Crippen LogP contribution in [0.5, 0.6) is 0 Å². The summed E-state index contributed by atoms with van der Waals surface area (Å²) in [6.07, 6.45) is 2.53. The van der Waals surface area contributed by atoms with Crippen molar-refractivity contribution in [2.24, 2.45) is 5.92 Å². The van der Waals surface area contributed by atoms with Crippen LogP contribution in [0.3, 0.4) is 0 Å². The molecule has 1 aliphatic carbocycles. The van der Waals surface area contributed by atoms with Gasteiger partial charge in [0.25, 0.3) is 5.91 Å². The first-order valence-corrected chi connectivity index (χ1v) is 8.18. The molecule has 0 spiro atoms. The second-order valence-corrected chi connectivity index (χ2v) is 6.54. The van der Waals surface area contributed by atoms with Gasteiger partial charge in [-0.3, -0.25) is 4.79 Å². The number of nitrogens with zero attached hydrogens (tertiary/aromatic N) is 2. The SMILES string of the molecule is Cc1cc(C(=O)NC(CC2CC2)C(=O)O)nn1-c1cccc(Cl)c1. The van der Waals surface area contributed by atoms with Crippen LogP contribution in [-0.2, 0) is 4.79 Å². The first-order chi connectivity index (χ1) is 11.4. The molecule has 6 nitrogen and oxygen atoms in total. The summed E-state index contributed by atoms with van der Waals surface area (Å²) in [4.78, 5) is 23.7. The van der Waals surface area contributed by atoms with Gasteiger partial charge in [-0.1, -0.05) is 30.5 Å². The summed E-state index contributed by atoms with van der Waals surface area (Å²) in [6.45, 7) is 1.82. The molecule has 24 heavy (non-hydrogen) atoms. The molecule has 7 heteroatoms. The Morgan fingerprint density at radius 2 is 2.17 bits per heavy atom. The smallest absolute Gasteiger partial charge is 0.326 e. The van der Waals surface area contributed by atoms with E-state index in [1.54, 1.807) is 28.9 Å². The highest BCUT2D eigenvalue weighted by Gasteiger charge is 2.30. The number of aromatic nitrogens is 2. The summed E-state index contributed by atoms with van der Waals surface area (Å²) < 4.78 is 1.61. The van der Waals surface area contributed by atoms with Crippen molar-refractivity contribution in [3.63, 3.8) is 0 Å². The Morgan fingerprint density at radius 1 is 1.42 bits per heavy atom. The average molecular weight is 348 g/mol. The number of nitrogens with one attached hydrogen (secondary N) is 1. The van der Waals surface area contributed by atoms with Gasteiger partial charge in [-0.15, -0.1) is 0 Å². The molecule has 1 aromatic carbocycles. The number of halogens is 1. The molecule has 1 amide bonds. The van der Waals surface area contributed by atoms with E-state index in [9.17, 15) is 14.7 Å². The van der Waals surface area contributed by atoms with Crippen LogP contribution in [0.2, 0.25) is 5.02 Å². The topological polar surface area (TPSA) is 84.2 Å². The van der Waals surface area contributed by atoms with Crippen LogP contribution in [0.1, 0.15) is 35.4 Å². The molecule has 1 atom stereocenters. The van der Waals surface area contributed by atoms with Gasteiger partial charge in [0.2, 0.25) is 0 Å². The lowest BCUT2D eigenvalue weighted by Gasteiger charge is -2.12. The van der Waals surface area contributed by atoms with Crippen LogP contribution in [0.4, 0.5) is 0 Å². The van der Waals surface area contributed by atoms with Gasteiger partial charge < -0.3 is 10.4 Å². The van der Waals surface area contributed by atoms with Gasteiger partial charge in [-0.05, 0) is 43.5 Å². The third-order valence-corrected chi connectivity index (χ3v) is 4.28. The van der Waals surface area contributed by atoms with E-state index in [1.807, 2.05) is 13.0 Å². The van der Waals surface area contributed by atoms with Crippen molar-refractivity contribution < 1.29 is 14.7 Å². The number of carboxylic acids is 1. The molecule has 0 bridgehead atoms. The fourth-order valence-electron chi connectivity index (χ4n) is 2.60. The predicted octanol–water partition coefficient (Wildman–Crippen LogP) is 2.82. The number of carbonyl (C=O) groups excluding carboxylic acids is 1. The van der Waals surface area contributed by atoms with Crippen LogP contribution < -0.4 is 5.32 Å². The summed E-state index contributed by atoms with van der Waals surface area (Å²) in [5.41, 5.74) is 1.69. The van der Waals surface area contributed by atoms with Crippen molar-refractivity contribution in [3.05, 3.63) is 46.7 Å². The van der Waals surface area contributed by atoms with Crippen molar-refractivity contribution in [1.82, 2.24) is 15.1 Å². The summed E-state index contributed by atoms with van der Waals surface area (Å²) in [5.74, 6) is -1.09.